The summed E-state index contributed by atoms with van der Waals surface area (Å²) in [6.45, 7) is 5.71. The Morgan fingerprint density at radius 2 is 1.74 bits per heavy atom. The second-order valence-corrected chi connectivity index (χ2v) is 6.54. The highest BCUT2D eigenvalue weighted by atomic mass is 32.1. The average molecular weight is 322 g/mol. The summed E-state index contributed by atoms with van der Waals surface area (Å²) < 4.78 is 0. The first kappa shape index (κ1) is 15.4. The molecule has 0 atom stereocenters. The number of carbonyl (C=O) groups is 1. The average Bonchev–Trinajstić information content (AvgIpc) is 2.94. The Kier molecular flexibility index (Phi) is 4.26. The number of anilines is 1. The molecule has 0 fully saturated rings. The van der Waals surface area contributed by atoms with Gasteiger partial charge in [-0.3, -0.25) is 4.79 Å². The molecule has 1 heterocycles. The van der Waals surface area contributed by atoms with Gasteiger partial charge >= 0.3 is 0 Å². The van der Waals surface area contributed by atoms with Crippen molar-refractivity contribution >= 4 is 22.4 Å². The Morgan fingerprint density at radius 1 is 1.00 bits per heavy atom. The third kappa shape index (κ3) is 3.32. The van der Waals surface area contributed by atoms with Crippen LogP contribution in [0.1, 0.15) is 18.1 Å². The molecule has 0 aliphatic carbocycles. The molecule has 0 spiro atoms. The highest BCUT2D eigenvalue weighted by Crippen LogP contribution is 2.39. The largest absolute Gasteiger partial charge is 0.302 e. The summed E-state index contributed by atoms with van der Waals surface area (Å²) in [4.78, 5) is 17.1. The molecule has 1 amide bonds. The fourth-order valence-corrected chi connectivity index (χ4v) is 3.42. The number of aryl methyl sites for hydroxylation is 2. The minimum Gasteiger partial charge on any atom is -0.302 e. The van der Waals surface area contributed by atoms with Crippen LogP contribution >= 0.6 is 11.3 Å². The van der Waals surface area contributed by atoms with Crippen LogP contribution in [0.4, 0.5) is 5.13 Å². The maximum atomic E-state index is 11.4. The normalized spacial score (nSPS) is 10.6. The van der Waals surface area contributed by atoms with Crippen molar-refractivity contribution in [2.75, 3.05) is 5.32 Å². The van der Waals surface area contributed by atoms with E-state index in [1.54, 1.807) is 0 Å². The molecule has 0 aliphatic rings. The number of nitrogens with one attached hydrogen (secondary N) is 1. The summed E-state index contributed by atoms with van der Waals surface area (Å²) in [5, 5.41) is 3.43. The summed E-state index contributed by atoms with van der Waals surface area (Å²) in [5.74, 6) is -0.106. The van der Waals surface area contributed by atoms with Crippen molar-refractivity contribution in [3.63, 3.8) is 0 Å². The van der Waals surface area contributed by atoms with E-state index in [1.807, 2.05) is 30.3 Å². The van der Waals surface area contributed by atoms with Crippen molar-refractivity contribution in [3.8, 4) is 21.7 Å². The smallest absolute Gasteiger partial charge is 0.223 e. The number of nitrogens with zero attached hydrogens (tertiary/aromatic N) is 1. The lowest BCUT2D eigenvalue weighted by Crippen LogP contribution is -2.04. The van der Waals surface area contributed by atoms with Crippen LogP contribution in [0.5, 0.6) is 0 Å². The Balaban J connectivity index is 2.15. The van der Waals surface area contributed by atoms with Gasteiger partial charge in [0.2, 0.25) is 5.91 Å². The Labute approximate surface area is 140 Å². The molecule has 0 aliphatic heterocycles. The fourth-order valence-electron chi connectivity index (χ4n) is 2.39. The highest BCUT2D eigenvalue weighted by molar-refractivity contribution is 7.19. The second-order valence-electron chi connectivity index (χ2n) is 5.54. The quantitative estimate of drug-likeness (QED) is 0.733. The standard InChI is InChI=1S/C19H18N2OS/c1-12-9-10-16(11-13(12)2)18-17(15-7-5-4-6-8-15)21-19(23-18)20-14(3)22/h4-11H,1-3H3,(H,20,21,22). The minimum absolute atomic E-state index is 0.106. The van der Waals surface area contributed by atoms with Gasteiger partial charge in [0.25, 0.3) is 0 Å². The molecular weight excluding hydrogens is 304 g/mol. The molecule has 23 heavy (non-hydrogen) atoms. The molecule has 0 saturated heterocycles. The summed E-state index contributed by atoms with van der Waals surface area (Å²) in [5.41, 5.74) is 5.59. The van der Waals surface area contributed by atoms with Crippen LogP contribution in [0.3, 0.4) is 0 Å². The number of aromatic nitrogens is 1. The molecule has 0 saturated carbocycles. The first-order chi connectivity index (χ1) is 11.0. The van der Waals surface area contributed by atoms with Gasteiger partial charge in [-0.1, -0.05) is 59.9 Å². The molecule has 3 aromatic rings. The maximum Gasteiger partial charge on any atom is 0.223 e. The Hall–Kier alpha value is -2.46. The molecule has 0 unspecified atom stereocenters. The number of benzene rings is 2. The predicted molar refractivity (Wildman–Crippen MR) is 96.8 cm³/mol. The van der Waals surface area contributed by atoms with E-state index in [-0.39, 0.29) is 5.91 Å². The van der Waals surface area contributed by atoms with E-state index in [2.05, 4.69) is 42.3 Å². The maximum absolute atomic E-state index is 11.4. The summed E-state index contributed by atoms with van der Waals surface area (Å²) >= 11 is 1.51. The highest BCUT2D eigenvalue weighted by Gasteiger charge is 2.15. The van der Waals surface area contributed by atoms with Gasteiger partial charge in [0.05, 0.1) is 10.6 Å². The summed E-state index contributed by atoms with van der Waals surface area (Å²) in [6.07, 6.45) is 0. The number of amides is 1. The van der Waals surface area contributed by atoms with E-state index in [0.717, 1.165) is 21.7 Å². The van der Waals surface area contributed by atoms with Crippen LogP contribution in [-0.4, -0.2) is 10.9 Å². The summed E-state index contributed by atoms with van der Waals surface area (Å²) in [6, 6.07) is 16.5. The Bertz CT molecular complexity index is 853. The van der Waals surface area contributed by atoms with Gasteiger partial charge in [-0.25, -0.2) is 4.98 Å². The van der Waals surface area contributed by atoms with E-state index >= 15 is 0 Å². The molecule has 1 N–H and O–H groups in total. The molecule has 2 aromatic carbocycles. The lowest BCUT2D eigenvalue weighted by atomic mass is 10.0. The monoisotopic (exact) mass is 322 g/mol. The number of rotatable bonds is 3. The van der Waals surface area contributed by atoms with E-state index in [4.69, 9.17) is 0 Å². The van der Waals surface area contributed by atoms with Crippen molar-refractivity contribution < 1.29 is 4.79 Å². The van der Waals surface area contributed by atoms with Crippen LogP contribution in [0.2, 0.25) is 0 Å². The fraction of sp³-hybridized carbons (Fsp3) is 0.158. The van der Waals surface area contributed by atoms with E-state index in [1.165, 1.54) is 29.4 Å². The first-order valence-electron chi connectivity index (χ1n) is 7.46. The van der Waals surface area contributed by atoms with E-state index in [0.29, 0.717) is 5.13 Å². The van der Waals surface area contributed by atoms with Gasteiger partial charge in [-0.15, -0.1) is 0 Å². The number of hydrogen-bond acceptors (Lipinski definition) is 3. The van der Waals surface area contributed by atoms with Gasteiger partial charge in [0, 0.05) is 12.5 Å². The molecule has 3 rings (SSSR count). The molecule has 4 heteroatoms. The molecule has 0 radical (unpaired) electrons. The number of hydrogen-bond donors (Lipinski definition) is 1. The van der Waals surface area contributed by atoms with Gasteiger partial charge in [-0.05, 0) is 30.5 Å². The molecule has 116 valence electrons. The van der Waals surface area contributed by atoms with Gasteiger partial charge < -0.3 is 5.32 Å². The van der Waals surface area contributed by atoms with E-state index in [9.17, 15) is 4.79 Å². The van der Waals surface area contributed by atoms with Crippen LogP contribution < -0.4 is 5.32 Å². The molecule has 0 bridgehead atoms. The third-order valence-electron chi connectivity index (χ3n) is 3.73. The zero-order valence-corrected chi connectivity index (χ0v) is 14.2. The van der Waals surface area contributed by atoms with Crippen molar-refractivity contribution in [3.05, 3.63) is 59.7 Å². The topological polar surface area (TPSA) is 42.0 Å². The number of carbonyl (C=O) groups excluding carboxylic acids is 1. The zero-order chi connectivity index (χ0) is 16.4. The van der Waals surface area contributed by atoms with Gasteiger partial charge in [0.15, 0.2) is 5.13 Å². The van der Waals surface area contributed by atoms with Crippen LogP contribution in [-0.2, 0) is 4.79 Å². The van der Waals surface area contributed by atoms with Crippen molar-refractivity contribution in [1.29, 1.82) is 0 Å². The van der Waals surface area contributed by atoms with Crippen molar-refractivity contribution in [2.45, 2.75) is 20.8 Å². The Morgan fingerprint density at radius 3 is 2.39 bits per heavy atom. The minimum atomic E-state index is -0.106. The molecular formula is C19H18N2OS. The van der Waals surface area contributed by atoms with Gasteiger partial charge in [-0.2, -0.15) is 0 Å². The SMILES string of the molecule is CC(=O)Nc1nc(-c2ccccc2)c(-c2ccc(C)c(C)c2)s1. The zero-order valence-electron chi connectivity index (χ0n) is 13.4. The van der Waals surface area contributed by atoms with Crippen molar-refractivity contribution in [1.82, 2.24) is 4.98 Å². The first-order valence-corrected chi connectivity index (χ1v) is 8.27. The lowest BCUT2D eigenvalue weighted by Gasteiger charge is -2.05. The summed E-state index contributed by atoms with van der Waals surface area (Å²) in [7, 11) is 0. The van der Waals surface area contributed by atoms with E-state index < -0.39 is 0 Å². The van der Waals surface area contributed by atoms with Crippen LogP contribution in [0.25, 0.3) is 21.7 Å². The van der Waals surface area contributed by atoms with Crippen LogP contribution in [0, 0.1) is 13.8 Å². The number of thiazole rings is 1. The third-order valence-corrected chi connectivity index (χ3v) is 4.75. The van der Waals surface area contributed by atoms with Crippen LogP contribution in [0.15, 0.2) is 48.5 Å². The predicted octanol–water partition coefficient (Wildman–Crippen LogP) is 5.05. The lowest BCUT2D eigenvalue weighted by molar-refractivity contribution is -0.114. The molecule has 1 aromatic heterocycles. The molecule has 3 nitrogen and oxygen atoms in total. The van der Waals surface area contributed by atoms with Crippen molar-refractivity contribution in [2.24, 2.45) is 0 Å². The second kappa shape index (κ2) is 6.34. The van der Waals surface area contributed by atoms with Gasteiger partial charge in [0.1, 0.15) is 0 Å².